The number of aryl methyl sites for hydroxylation is 1. The second-order valence-electron chi connectivity index (χ2n) is 6.23. The van der Waals surface area contributed by atoms with Gasteiger partial charge in [0, 0.05) is 33.1 Å². The fourth-order valence-electron chi connectivity index (χ4n) is 3.41. The van der Waals surface area contributed by atoms with Crippen molar-refractivity contribution in [1.29, 1.82) is 0 Å². The minimum Gasteiger partial charge on any atom is -0.490 e. The number of methoxy groups -OCH3 is 1. The van der Waals surface area contributed by atoms with Gasteiger partial charge in [-0.3, -0.25) is 9.67 Å². The van der Waals surface area contributed by atoms with Gasteiger partial charge >= 0.3 is 0 Å². The van der Waals surface area contributed by atoms with Crippen LogP contribution < -0.4 is 9.64 Å². The monoisotopic (exact) mass is 339 g/mol. The lowest BCUT2D eigenvalue weighted by molar-refractivity contribution is 0.115. The molecule has 0 aromatic carbocycles. The zero-order chi connectivity index (χ0) is 17.2. The van der Waals surface area contributed by atoms with Crippen LogP contribution in [0.25, 0.3) is 11.0 Å². The van der Waals surface area contributed by atoms with Gasteiger partial charge in [0.1, 0.15) is 12.4 Å². The Labute approximate surface area is 146 Å². The molecule has 130 valence electrons. The van der Waals surface area contributed by atoms with E-state index in [-0.39, 0.29) is 12.1 Å². The molecule has 7 nitrogen and oxygen atoms in total. The Bertz CT molecular complexity index is 851. The Kier molecular flexibility index (Phi) is 4.23. The van der Waals surface area contributed by atoms with Crippen LogP contribution in [0, 0.1) is 0 Å². The van der Waals surface area contributed by atoms with Gasteiger partial charge in [0.15, 0.2) is 5.65 Å². The van der Waals surface area contributed by atoms with E-state index in [9.17, 15) is 0 Å². The fourth-order valence-corrected chi connectivity index (χ4v) is 3.41. The lowest BCUT2D eigenvalue weighted by Crippen LogP contribution is -2.34. The van der Waals surface area contributed by atoms with Crippen LogP contribution in [0.5, 0.6) is 5.75 Å². The summed E-state index contributed by atoms with van der Waals surface area (Å²) in [6.45, 7) is 1.40. The van der Waals surface area contributed by atoms with Crippen molar-refractivity contribution in [3.63, 3.8) is 0 Å². The second-order valence-corrected chi connectivity index (χ2v) is 6.23. The quantitative estimate of drug-likeness (QED) is 0.709. The average molecular weight is 339 g/mol. The highest BCUT2D eigenvalue weighted by Crippen LogP contribution is 2.32. The highest BCUT2D eigenvalue weighted by Gasteiger charge is 2.34. The van der Waals surface area contributed by atoms with Crippen molar-refractivity contribution in [2.45, 2.75) is 18.6 Å². The van der Waals surface area contributed by atoms with Crippen molar-refractivity contribution in [2.75, 3.05) is 25.2 Å². The number of pyridine rings is 2. The Morgan fingerprint density at radius 1 is 1.24 bits per heavy atom. The van der Waals surface area contributed by atoms with Crippen LogP contribution in [0.2, 0.25) is 0 Å². The van der Waals surface area contributed by atoms with E-state index >= 15 is 0 Å². The zero-order valence-electron chi connectivity index (χ0n) is 14.4. The summed E-state index contributed by atoms with van der Waals surface area (Å²) in [5, 5.41) is 5.39. The Morgan fingerprint density at radius 3 is 2.96 bits per heavy atom. The van der Waals surface area contributed by atoms with Crippen molar-refractivity contribution in [3.05, 3.63) is 43.0 Å². The molecule has 3 aromatic rings. The molecule has 0 aliphatic carbocycles. The number of nitrogens with zero attached hydrogens (tertiary/aromatic N) is 5. The molecule has 0 bridgehead atoms. The van der Waals surface area contributed by atoms with Crippen LogP contribution in [-0.2, 0) is 11.8 Å². The number of hydrogen-bond acceptors (Lipinski definition) is 6. The summed E-state index contributed by atoms with van der Waals surface area (Å²) in [7, 11) is 3.67. The third-order valence-corrected chi connectivity index (χ3v) is 4.71. The Hall–Kier alpha value is -2.67. The van der Waals surface area contributed by atoms with Crippen LogP contribution in [0.15, 0.2) is 43.0 Å². The van der Waals surface area contributed by atoms with Crippen molar-refractivity contribution in [2.24, 2.45) is 7.05 Å². The standard InChI is InChI=1S/C18H21N5O2/c1-22-18-16(10-21-22)17(5-7-20-18)23-11-15(24-2)8-13(23)12-25-14-4-3-6-19-9-14/h3-7,9-10,13,15H,8,11-12H2,1-2H3/t13-,15+/m0/s1. The normalized spacial score (nSPS) is 20.3. The number of anilines is 1. The summed E-state index contributed by atoms with van der Waals surface area (Å²) in [4.78, 5) is 10.9. The molecule has 0 N–H and O–H groups in total. The van der Waals surface area contributed by atoms with E-state index < -0.39 is 0 Å². The maximum atomic E-state index is 5.96. The Morgan fingerprint density at radius 2 is 2.16 bits per heavy atom. The van der Waals surface area contributed by atoms with Gasteiger partial charge in [-0.2, -0.15) is 5.10 Å². The van der Waals surface area contributed by atoms with E-state index in [0.717, 1.165) is 35.4 Å². The van der Waals surface area contributed by atoms with Crippen LogP contribution in [0.1, 0.15) is 6.42 Å². The molecule has 2 atom stereocenters. The molecule has 1 fully saturated rings. The number of aromatic nitrogens is 4. The van der Waals surface area contributed by atoms with E-state index in [1.54, 1.807) is 24.2 Å². The first-order valence-electron chi connectivity index (χ1n) is 8.35. The molecule has 7 heteroatoms. The molecule has 0 amide bonds. The largest absolute Gasteiger partial charge is 0.490 e. The molecule has 4 heterocycles. The first-order chi connectivity index (χ1) is 12.3. The molecule has 1 aliphatic heterocycles. The van der Waals surface area contributed by atoms with Crippen molar-refractivity contribution >= 4 is 16.7 Å². The zero-order valence-corrected chi connectivity index (χ0v) is 14.4. The van der Waals surface area contributed by atoms with Crippen LogP contribution in [0.3, 0.4) is 0 Å². The molecule has 1 saturated heterocycles. The van der Waals surface area contributed by atoms with Gasteiger partial charge in [-0.15, -0.1) is 0 Å². The minimum atomic E-state index is 0.183. The molecule has 1 aliphatic rings. The number of hydrogen-bond donors (Lipinski definition) is 0. The number of fused-ring (bicyclic) bond motifs is 1. The number of ether oxygens (including phenoxy) is 2. The summed E-state index contributed by atoms with van der Waals surface area (Å²) in [5.74, 6) is 0.782. The summed E-state index contributed by atoms with van der Waals surface area (Å²) in [6.07, 6.45) is 8.28. The van der Waals surface area contributed by atoms with Gasteiger partial charge in [0.25, 0.3) is 0 Å². The smallest absolute Gasteiger partial charge is 0.159 e. The molecular weight excluding hydrogens is 318 g/mol. The fraction of sp³-hybridized carbons (Fsp3) is 0.389. The van der Waals surface area contributed by atoms with E-state index in [1.807, 2.05) is 37.6 Å². The third-order valence-electron chi connectivity index (χ3n) is 4.71. The van der Waals surface area contributed by atoms with E-state index in [2.05, 4.69) is 20.0 Å². The van der Waals surface area contributed by atoms with Crippen molar-refractivity contribution in [3.8, 4) is 5.75 Å². The molecule has 25 heavy (non-hydrogen) atoms. The van der Waals surface area contributed by atoms with Crippen molar-refractivity contribution in [1.82, 2.24) is 19.7 Å². The summed E-state index contributed by atoms with van der Waals surface area (Å²) < 4.78 is 13.4. The van der Waals surface area contributed by atoms with Gasteiger partial charge in [-0.25, -0.2) is 4.98 Å². The first kappa shape index (κ1) is 15.8. The van der Waals surface area contributed by atoms with Crippen LogP contribution in [0.4, 0.5) is 5.69 Å². The van der Waals surface area contributed by atoms with E-state index in [0.29, 0.717) is 6.61 Å². The molecule has 0 radical (unpaired) electrons. The molecule has 4 rings (SSSR count). The lowest BCUT2D eigenvalue weighted by Gasteiger charge is -2.27. The maximum absolute atomic E-state index is 5.96. The second kappa shape index (κ2) is 6.68. The van der Waals surface area contributed by atoms with Gasteiger partial charge in [-0.05, 0) is 24.6 Å². The predicted octanol–water partition coefficient (Wildman–Crippen LogP) is 2.04. The highest BCUT2D eigenvalue weighted by molar-refractivity contribution is 5.89. The lowest BCUT2D eigenvalue weighted by atomic mass is 10.2. The minimum absolute atomic E-state index is 0.183. The van der Waals surface area contributed by atoms with Gasteiger partial charge < -0.3 is 14.4 Å². The van der Waals surface area contributed by atoms with Crippen molar-refractivity contribution < 1.29 is 9.47 Å². The predicted molar refractivity (Wildman–Crippen MR) is 94.8 cm³/mol. The summed E-state index contributed by atoms with van der Waals surface area (Å²) in [6, 6.07) is 6.06. The maximum Gasteiger partial charge on any atom is 0.159 e. The molecule has 3 aromatic heterocycles. The SMILES string of the molecule is CO[C@@H]1C[C@@H](COc2cccnc2)N(c2ccnc3c2cnn3C)C1. The van der Waals surface area contributed by atoms with Crippen LogP contribution >= 0.6 is 0 Å². The highest BCUT2D eigenvalue weighted by atomic mass is 16.5. The molecule has 0 spiro atoms. The summed E-state index contributed by atoms with van der Waals surface area (Å²) >= 11 is 0. The van der Waals surface area contributed by atoms with Gasteiger partial charge in [-0.1, -0.05) is 0 Å². The van der Waals surface area contributed by atoms with Crippen LogP contribution in [-0.4, -0.2) is 52.2 Å². The topological polar surface area (TPSA) is 65.3 Å². The molecular formula is C18H21N5O2. The summed E-state index contributed by atoms with van der Waals surface area (Å²) in [5.41, 5.74) is 2.00. The number of rotatable bonds is 5. The van der Waals surface area contributed by atoms with Gasteiger partial charge in [0.05, 0.1) is 35.6 Å². The Balaban J connectivity index is 1.61. The molecule has 0 unspecified atom stereocenters. The van der Waals surface area contributed by atoms with E-state index in [4.69, 9.17) is 9.47 Å². The average Bonchev–Trinajstić information content (AvgIpc) is 3.24. The molecule has 0 saturated carbocycles. The van der Waals surface area contributed by atoms with E-state index in [1.165, 1.54) is 0 Å². The first-order valence-corrected chi connectivity index (χ1v) is 8.35. The third kappa shape index (κ3) is 3.02. The van der Waals surface area contributed by atoms with Gasteiger partial charge in [0.2, 0.25) is 0 Å².